The molecular weight excluding hydrogens is 286 g/mol. The predicted octanol–water partition coefficient (Wildman–Crippen LogP) is 4.20. The highest BCUT2D eigenvalue weighted by atomic mass is 35.5. The van der Waals surface area contributed by atoms with Gasteiger partial charge < -0.3 is 10.5 Å². The Morgan fingerprint density at radius 3 is 2.33 bits per heavy atom. The molecule has 0 heterocycles. The molecule has 21 heavy (non-hydrogen) atoms. The number of esters is 1. The third kappa shape index (κ3) is 3.56. The zero-order chi connectivity index (χ0) is 15.6. The van der Waals surface area contributed by atoms with E-state index in [4.69, 9.17) is 22.1 Å². The van der Waals surface area contributed by atoms with Crippen LogP contribution in [-0.2, 0) is 11.3 Å². The number of aryl methyl sites for hydroxylation is 3. The molecule has 2 N–H and O–H groups in total. The lowest BCUT2D eigenvalue weighted by atomic mass is 10.0. The van der Waals surface area contributed by atoms with Crippen LogP contribution in [-0.4, -0.2) is 5.97 Å². The number of hydrogen-bond acceptors (Lipinski definition) is 3. The van der Waals surface area contributed by atoms with Gasteiger partial charge in [-0.1, -0.05) is 29.3 Å². The van der Waals surface area contributed by atoms with E-state index < -0.39 is 5.97 Å². The number of nitrogens with two attached hydrogens (primary N) is 1. The molecule has 2 aromatic carbocycles. The molecule has 0 unspecified atom stereocenters. The average molecular weight is 304 g/mol. The van der Waals surface area contributed by atoms with Gasteiger partial charge in [-0.15, -0.1) is 0 Å². The van der Waals surface area contributed by atoms with Crippen molar-refractivity contribution in [1.82, 2.24) is 0 Å². The number of halogens is 1. The number of carbonyl (C=O) groups is 1. The average Bonchev–Trinajstić information content (AvgIpc) is 2.36. The van der Waals surface area contributed by atoms with E-state index in [0.29, 0.717) is 16.3 Å². The summed E-state index contributed by atoms with van der Waals surface area (Å²) in [7, 11) is 0. The molecule has 2 rings (SSSR count). The first-order valence-corrected chi connectivity index (χ1v) is 7.05. The Morgan fingerprint density at radius 2 is 1.76 bits per heavy atom. The molecule has 0 bridgehead atoms. The largest absolute Gasteiger partial charge is 0.457 e. The molecule has 110 valence electrons. The lowest BCUT2D eigenvalue weighted by Crippen LogP contribution is -2.09. The zero-order valence-corrected chi connectivity index (χ0v) is 13.1. The van der Waals surface area contributed by atoms with Crippen molar-refractivity contribution in [2.24, 2.45) is 0 Å². The summed E-state index contributed by atoms with van der Waals surface area (Å²) >= 11 is 5.82. The van der Waals surface area contributed by atoms with Crippen LogP contribution < -0.4 is 5.73 Å². The van der Waals surface area contributed by atoms with Crippen molar-refractivity contribution >= 4 is 23.3 Å². The molecule has 0 aliphatic heterocycles. The van der Waals surface area contributed by atoms with Crippen molar-refractivity contribution in [2.75, 3.05) is 5.73 Å². The molecule has 0 aliphatic carbocycles. The molecule has 0 radical (unpaired) electrons. The summed E-state index contributed by atoms with van der Waals surface area (Å²) in [6.45, 7) is 6.31. The van der Waals surface area contributed by atoms with E-state index in [1.165, 1.54) is 5.56 Å². The third-order valence-corrected chi connectivity index (χ3v) is 3.66. The number of benzene rings is 2. The van der Waals surface area contributed by atoms with Crippen molar-refractivity contribution in [3.05, 3.63) is 63.2 Å². The van der Waals surface area contributed by atoms with Gasteiger partial charge >= 0.3 is 5.97 Å². The summed E-state index contributed by atoms with van der Waals surface area (Å²) in [4.78, 5) is 12.1. The smallest absolute Gasteiger partial charge is 0.340 e. The lowest BCUT2D eigenvalue weighted by molar-refractivity contribution is 0.0473. The van der Waals surface area contributed by atoms with E-state index in [2.05, 4.69) is 12.1 Å². The molecule has 4 heteroatoms. The van der Waals surface area contributed by atoms with Crippen LogP contribution in [0.1, 0.15) is 32.6 Å². The summed E-state index contributed by atoms with van der Waals surface area (Å²) in [5.74, 6) is -0.441. The normalized spacial score (nSPS) is 10.5. The maximum Gasteiger partial charge on any atom is 0.340 e. The number of carbonyl (C=O) groups excluding carboxylic acids is 1. The van der Waals surface area contributed by atoms with Gasteiger partial charge in [0.15, 0.2) is 0 Å². The van der Waals surface area contributed by atoms with Crippen LogP contribution >= 0.6 is 11.6 Å². The second kappa shape index (κ2) is 6.19. The summed E-state index contributed by atoms with van der Waals surface area (Å²) < 4.78 is 5.37. The standard InChI is InChI=1S/C17H18ClNO2/c1-10-6-11(2)15(12(3)7-10)9-21-17(20)14-5-4-13(18)8-16(14)19/h4-8H,9,19H2,1-3H3. The van der Waals surface area contributed by atoms with E-state index in [-0.39, 0.29) is 6.61 Å². The quantitative estimate of drug-likeness (QED) is 0.683. The first kappa shape index (κ1) is 15.4. The number of anilines is 1. The van der Waals surface area contributed by atoms with E-state index in [1.54, 1.807) is 18.2 Å². The summed E-state index contributed by atoms with van der Waals surface area (Å²) in [5, 5.41) is 0.495. The summed E-state index contributed by atoms with van der Waals surface area (Å²) in [6, 6.07) is 8.89. The molecule has 0 amide bonds. The zero-order valence-electron chi connectivity index (χ0n) is 12.4. The van der Waals surface area contributed by atoms with Crippen LogP contribution in [0.4, 0.5) is 5.69 Å². The van der Waals surface area contributed by atoms with Crippen molar-refractivity contribution in [2.45, 2.75) is 27.4 Å². The summed E-state index contributed by atoms with van der Waals surface area (Å²) in [6.07, 6.45) is 0. The third-order valence-electron chi connectivity index (χ3n) is 3.42. The predicted molar refractivity (Wildman–Crippen MR) is 85.6 cm³/mol. The van der Waals surface area contributed by atoms with Crippen molar-refractivity contribution < 1.29 is 9.53 Å². The fraction of sp³-hybridized carbons (Fsp3) is 0.235. The number of ether oxygens (including phenoxy) is 1. The van der Waals surface area contributed by atoms with Gasteiger partial charge in [0.2, 0.25) is 0 Å². The van der Waals surface area contributed by atoms with E-state index in [0.717, 1.165) is 16.7 Å². The van der Waals surface area contributed by atoms with Gasteiger partial charge in [0.25, 0.3) is 0 Å². The number of rotatable bonds is 3. The Hall–Kier alpha value is -2.00. The molecular formula is C17H18ClNO2. The lowest BCUT2D eigenvalue weighted by Gasteiger charge is -2.12. The Balaban J connectivity index is 2.15. The van der Waals surface area contributed by atoms with Crippen LogP contribution in [0.25, 0.3) is 0 Å². The minimum atomic E-state index is -0.441. The van der Waals surface area contributed by atoms with Gasteiger partial charge in [-0.2, -0.15) is 0 Å². The number of hydrogen-bond donors (Lipinski definition) is 1. The maximum atomic E-state index is 12.1. The molecule has 0 saturated heterocycles. The summed E-state index contributed by atoms with van der Waals surface area (Å²) in [5.41, 5.74) is 10.9. The topological polar surface area (TPSA) is 52.3 Å². The van der Waals surface area contributed by atoms with Gasteiger partial charge in [0.1, 0.15) is 6.61 Å². The monoisotopic (exact) mass is 303 g/mol. The van der Waals surface area contributed by atoms with Gasteiger partial charge in [0.05, 0.1) is 5.56 Å². The molecule has 0 aliphatic rings. The van der Waals surface area contributed by atoms with Crippen molar-refractivity contribution in [1.29, 1.82) is 0 Å². The van der Waals surface area contributed by atoms with E-state index in [9.17, 15) is 4.79 Å². The molecule has 2 aromatic rings. The highest BCUT2D eigenvalue weighted by Gasteiger charge is 2.13. The first-order chi connectivity index (χ1) is 9.88. The van der Waals surface area contributed by atoms with Gasteiger partial charge in [-0.05, 0) is 55.7 Å². The minimum absolute atomic E-state index is 0.235. The van der Waals surface area contributed by atoms with Gasteiger partial charge in [-0.3, -0.25) is 0 Å². The van der Waals surface area contributed by atoms with E-state index >= 15 is 0 Å². The fourth-order valence-corrected chi connectivity index (χ4v) is 2.55. The molecule has 0 spiro atoms. The van der Waals surface area contributed by atoms with E-state index in [1.807, 2.05) is 20.8 Å². The van der Waals surface area contributed by atoms with Gasteiger partial charge in [0, 0.05) is 10.7 Å². The van der Waals surface area contributed by atoms with Gasteiger partial charge in [-0.25, -0.2) is 4.79 Å². The molecule has 0 atom stereocenters. The van der Waals surface area contributed by atoms with Crippen LogP contribution in [0.5, 0.6) is 0 Å². The van der Waals surface area contributed by atoms with Crippen LogP contribution in [0, 0.1) is 20.8 Å². The fourth-order valence-electron chi connectivity index (χ4n) is 2.37. The number of nitrogen functional groups attached to an aromatic ring is 1. The highest BCUT2D eigenvalue weighted by Crippen LogP contribution is 2.21. The first-order valence-electron chi connectivity index (χ1n) is 6.67. The van der Waals surface area contributed by atoms with Crippen molar-refractivity contribution in [3.63, 3.8) is 0 Å². The Bertz CT molecular complexity index is 672. The molecule has 0 fully saturated rings. The van der Waals surface area contributed by atoms with Crippen LogP contribution in [0.3, 0.4) is 0 Å². The minimum Gasteiger partial charge on any atom is -0.457 e. The van der Waals surface area contributed by atoms with Crippen molar-refractivity contribution in [3.8, 4) is 0 Å². The Kier molecular flexibility index (Phi) is 4.53. The Morgan fingerprint density at radius 1 is 1.14 bits per heavy atom. The molecule has 0 saturated carbocycles. The van der Waals surface area contributed by atoms with Crippen LogP contribution in [0.15, 0.2) is 30.3 Å². The molecule has 3 nitrogen and oxygen atoms in total. The second-order valence-electron chi connectivity index (χ2n) is 5.18. The van der Waals surface area contributed by atoms with Crippen LogP contribution in [0.2, 0.25) is 5.02 Å². The highest BCUT2D eigenvalue weighted by molar-refractivity contribution is 6.31. The Labute approximate surface area is 129 Å². The maximum absolute atomic E-state index is 12.1. The SMILES string of the molecule is Cc1cc(C)c(COC(=O)c2ccc(Cl)cc2N)c(C)c1. The molecule has 0 aromatic heterocycles. The second-order valence-corrected chi connectivity index (χ2v) is 5.62.